The highest BCUT2D eigenvalue weighted by atomic mass is 35.5. The lowest BCUT2D eigenvalue weighted by molar-refractivity contribution is -0.141. The zero-order valence-corrected chi connectivity index (χ0v) is 11.1. The molecule has 0 aromatic carbocycles. The maximum atomic E-state index is 12.4. The zero-order chi connectivity index (χ0) is 13.9. The number of halogens is 4. The highest BCUT2D eigenvalue weighted by Crippen LogP contribution is 2.27. The first-order valence-corrected chi connectivity index (χ1v) is 6.48. The van der Waals surface area contributed by atoms with Crippen LogP contribution in [0.25, 0.3) is 0 Å². The molecular formula is C11H9ClF3N3S. The average molecular weight is 308 g/mol. The largest absolute Gasteiger partial charge is 0.433 e. The third kappa shape index (κ3) is 4.15. The molecule has 2 aromatic heterocycles. The van der Waals surface area contributed by atoms with Crippen molar-refractivity contribution < 1.29 is 13.2 Å². The van der Waals surface area contributed by atoms with Crippen LogP contribution in [0.1, 0.15) is 16.4 Å². The van der Waals surface area contributed by atoms with Gasteiger partial charge in [-0.25, -0.2) is 9.97 Å². The van der Waals surface area contributed by atoms with E-state index in [2.05, 4.69) is 15.3 Å². The van der Waals surface area contributed by atoms with Gasteiger partial charge in [0.1, 0.15) is 11.5 Å². The molecule has 0 saturated heterocycles. The number of aromatic nitrogens is 2. The summed E-state index contributed by atoms with van der Waals surface area (Å²) in [4.78, 5) is 8.25. The number of nitrogens with one attached hydrogen (secondary N) is 1. The second-order valence-electron chi connectivity index (χ2n) is 3.67. The smallest absolute Gasteiger partial charge is 0.305 e. The van der Waals surface area contributed by atoms with Crippen molar-refractivity contribution in [3.8, 4) is 0 Å². The Kier molecular flexibility index (Phi) is 4.38. The maximum Gasteiger partial charge on any atom is 0.433 e. The van der Waals surface area contributed by atoms with E-state index >= 15 is 0 Å². The molecule has 2 heterocycles. The molecular weight excluding hydrogens is 299 g/mol. The van der Waals surface area contributed by atoms with Crippen molar-refractivity contribution >= 4 is 22.9 Å². The molecule has 0 aliphatic heterocycles. The van der Waals surface area contributed by atoms with Crippen LogP contribution in [0, 0.1) is 0 Å². The minimum Gasteiger partial charge on any atom is -0.305 e. The molecule has 0 radical (unpaired) electrons. The van der Waals surface area contributed by atoms with Crippen molar-refractivity contribution in [1.29, 1.82) is 0 Å². The summed E-state index contributed by atoms with van der Waals surface area (Å²) in [5, 5.41) is 2.97. The van der Waals surface area contributed by atoms with Crippen LogP contribution >= 0.6 is 22.9 Å². The Morgan fingerprint density at radius 1 is 1.21 bits per heavy atom. The van der Waals surface area contributed by atoms with Crippen LogP contribution in [0.3, 0.4) is 0 Å². The molecule has 2 aromatic rings. The molecule has 0 unspecified atom stereocenters. The van der Waals surface area contributed by atoms with E-state index in [9.17, 15) is 13.2 Å². The molecule has 0 amide bonds. The van der Waals surface area contributed by atoms with Gasteiger partial charge < -0.3 is 5.32 Å². The van der Waals surface area contributed by atoms with E-state index in [4.69, 9.17) is 11.6 Å². The van der Waals surface area contributed by atoms with Crippen LogP contribution in [-0.2, 0) is 19.3 Å². The fourth-order valence-corrected chi connectivity index (χ4v) is 2.44. The van der Waals surface area contributed by atoms with Gasteiger partial charge in [0.25, 0.3) is 0 Å². The van der Waals surface area contributed by atoms with E-state index in [1.165, 1.54) is 11.3 Å². The predicted octanol–water partition coefficient (Wildman–Crippen LogP) is 3.50. The van der Waals surface area contributed by atoms with Crippen molar-refractivity contribution in [3.05, 3.63) is 45.1 Å². The van der Waals surface area contributed by atoms with Crippen LogP contribution in [-0.4, -0.2) is 9.97 Å². The van der Waals surface area contributed by atoms with E-state index in [1.54, 1.807) is 6.07 Å². The predicted molar refractivity (Wildman–Crippen MR) is 66.9 cm³/mol. The van der Waals surface area contributed by atoms with Gasteiger partial charge in [-0.2, -0.15) is 13.2 Å². The van der Waals surface area contributed by atoms with E-state index < -0.39 is 11.9 Å². The van der Waals surface area contributed by atoms with Crippen molar-refractivity contribution in [1.82, 2.24) is 15.3 Å². The topological polar surface area (TPSA) is 37.8 Å². The summed E-state index contributed by atoms with van der Waals surface area (Å²) in [5.41, 5.74) is -0.932. The zero-order valence-electron chi connectivity index (χ0n) is 9.54. The third-order valence-electron chi connectivity index (χ3n) is 2.21. The average Bonchev–Trinajstić information content (AvgIpc) is 2.74. The summed E-state index contributed by atoms with van der Waals surface area (Å²) in [6, 6.07) is 4.47. The second-order valence-corrected chi connectivity index (χ2v) is 5.46. The summed E-state index contributed by atoms with van der Waals surface area (Å²) >= 11 is 7.18. The third-order valence-corrected chi connectivity index (χ3v) is 3.44. The van der Waals surface area contributed by atoms with Gasteiger partial charge in [0.05, 0.1) is 10.9 Å². The van der Waals surface area contributed by atoms with Gasteiger partial charge in [-0.1, -0.05) is 11.6 Å². The summed E-state index contributed by atoms with van der Waals surface area (Å²) in [6.45, 7) is 0.677. The Hall–Kier alpha value is -1.18. The van der Waals surface area contributed by atoms with E-state index in [0.29, 0.717) is 10.9 Å². The molecule has 0 saturated carbocycles. The minimum absolute atomic E-state index is 0.109. The van der Waals surface area contributed by atoms with Crippen molar-refractivity contribution in [2.45, 2.75) is 19.3 Å². The maximum absolute atomic E-state index is 12.4. The summed E-state index contributed by atoms with van der Waals surface area (Å²) < 4.78 is 38.0. The lowest BCUT2D eigenvalue weighted by Crippen LogP contribution is -2.17. The number of hydrogen-bond acceptors (Lipinski definition) is 4. The van der Waals surface area contributed by atoms with Crippen molar-refractivity contribution in [2.75, 3.05) is 0 Å². The van der Waals surface area contributed by atoms with E-state index in [0.717, 1.165) is 17.1 Å². The monoisotopic (exact) mass is 307 g/mol. The van der Waals surface area contributed by atoms with Gasteiger partial charge in [-0.3, -0.25) is 0 Å². The number of alkyl halides is 3. The fraction of sp³-hybridized carbons (Fsp3) is 0.273. The molecule has 102 valence electrons. The standard InChI is InChI=1S/C11H9ClF3N3S/c12-9-2-1-7(19-9)5-16-6-10-17-4-3-8(18-10)11(13,14)15/h1-4,16H,5-6H2. The molecule has 0 atom stereocenters. The van der Waals surface area contributed by atoms with Crippen LogP contribution in [0.15, 0.2) is 24.4 Å². The normalized spacial score (nSPS) is 11.8. The summed E-state index contributed by atoms with van der Waals surface area (Å²) in [7, 11) is 0. The van der Waals surface area contributed by atoms with Gasteiger partial charge in [0, 0.05) is 17.6 Å². The summed E-state index contributed by atoms with van der Waals surface area (Å²) in [6.07, 6.45) is -3.34. The van der Waals surface area contributed by atoms with Crippen molar-refractivity contribution in [3.63, 3.8) is 0 Å². The van der Waals surface area contributed by atoms with Gasteiger partial charge in [0.2, 0.25) is 0 Å². The van der Waals surface area contributed by atoms with Crippen LogP contribution in [0.4, 0.5) is 13.2 Å². The number of rotatable bonds is 4. The first-order valence-electron chi connectivity index (χ1n) is 5.29. The van der Waals surface area contributed by atoms with E-state index in [-0.39, 0.29) is 12.4 Å². The molecule has 8 heteroatoms. The Labute approximate surface area is 116 Å². The first-order chi connectivity index (χ1) is 8.95. The molecule has 1 N–H and O–H groups in total. The SMILES string of the molecule is FC(F)(F)c1ccnc(CNCc2ccc(Cl)s2)n1. The molecule has 0 aliphatic carbocycles. The molecule has 0 bridgehead atoms. The van der Waals surface area contributed by atoms with Crippen LogP contribution in [0.5, 0.6) is 0 Å². The second kappa shape index (κ2) is 5.85. The highest BCUT2D eigenvalue weighted by Gasteiger charge is 2.32. The van der Waals surface area contributed by atoms with Crippen LogP contribution < -0.4 is 5.32 Å². The molecule has 0 aliphatic rings. The van der Waals surface area contributed by atoms with Gasteiger partial charge in [-0.15, -0.1) is 11.3 Å². The summed E-state index contributed by atoms with van der Waals surface area (Å²) in [5.74, 6) is 0.109. The van der Waals surface area contributed by atoms with Crippen LogP contribution in [0.2, 0.25) is 4.34 Å². The minimum atomic E-state index is -4.45. The number of nitrogens with zero attached hydrogens (tertiary/aromatic N) is 2. The first kappa shape index (κ1) is 14.2. The number of thiophene rings is 1. The quantitative estimate of drug-likeness (QED) is 0.939. The molecule has 19 heavy (non-hydrogen) atoms. The molecule has 3 nitrogen and oxygen atoms in total. The Morgan fingerprint density at radius 2 is 2.00 bits per heavy atom. The lowest BCUT2D eigenvalue weighted by atomic mass is 10.4. The molecule has 2 rings (SSSR count). The van der Waals surface area contributed by atoms with E-state index in [1.807, 2.05) is 6.07 Å². The molecule has 0 fully saturated rings. The van der Waals surface area contributed by atoms with Gasteiger partial charge in [0.15, 0.2) is 0 Å². The molecule has 0 spiro atoms. The lowest BCUT2D eigenvalue weighted by Gasteiger charge is -2.07. The Balaban J connectivity index is 1.93. The Bertz CT molecular complexity index is 556. The van der Waals surface area contributed by atoms with Gasteiger partial charge >= 0.3 is 6.18 Å². The number of hydrogen-bond donors (Lipinski definition) is 1. The highest BCUT2D eigenvalue weighted by molar-refractivity contribution is 7.16. The Morgan fingerprint density at radius 3 is 2.63 bits per heavy atom. The van der Waals surface area contributed by atoms with Gasteiger partial charge in [-0.05, 0) is 18.2 Å². The fourth-order valence-electron chi connectivity index (χ4n) is 1.39. The van der Waals surface area contributed by atoms with Crippen molar-refractivity contribution in [2.24, 2.45) is 0 Å².